The van der Waals surface area contributed by atoms with Crippen LogP contribution in [0.25, 0.3) is 0 Å². The fourth-order valence-corrected chi connectivity index (χ4v) is 2.43. The Morgan fingerprint density at radius 3 is 2.86 bits per heavy atom. The monoisotopic (exact) mass is 320 g/mol. The molecule has 0 bridgehead atoms. The van der Waals surface area contributed by atoms with E-state index in [0.717, 1.165) is 29.9 Å². The predicted octanol–water partition coefficient (Wildman–Crippen LogP) is 2.23. The molecule has 2 aromatic rings. The van der Waals surface area contributed by atoms with E-state index in [-0.39, 0.29) is 0 Å². The summed E-state index contributed by atoms with van der Waals surface area (Å²) in [5.41, 5.74) is 6.49. The summed E-state index contributed by atoms with van der Waals surface area (Å²) in [7, 11) is 0. The zero-order valence-electron chi connectivity index (χ0n) is 12.5. The molecule has 7 heteroatoms. The molecule has 1 atom stereocenters. The van der Waals surface area contributed by atoms with E-state index in [4.69, 9.17) is 10.5 Å². The Bertz CT molecular complexity index is 588. The van der Waals surface area contributed by atoms with E-state index in [2.05, 4.69) is 21.6 Å². The first kappa shape index (κ1) is 16.2. The molecule has 2 rings (SSSR count). The molecular formula is C15H20N4O2S. The highest BCUT2D eigenvalue weighted by molar-refractivity contribution is 7.09. The summed E-state index contributed by atoms with van der Waals surface area (Å²) in [6.07, 6.45) is 2.51. The third kappa shape index (κ3) is 5.00. The minimum Gasteiger partial charge on any atom is -0.463 e. The number of hydrogen-bond acceptors (Lipinski definition) is 6. The number of nitrogens with one attached hydrogen (secondary N) is 1. The van der Waals surface area contributed by atoms with Crippen LogP contribution >= 0.6 is 11.5 Å². The molecule has 118 valence electrons. The van der Waals surface area contributed by atoms with Crippen LogP contribution in [-0.4, -0.2) is 27.9 Å². The minimum atomic E-state index is -0.529. The molecule has 3 N–H and O–H groups in total. The van der Waals surface area contributed by atoms with Gasteiger partial charge in [-0.2, -0.15) is 4.98 Å². The Morgan fingerprint density at radius 1 is 1.41 bits per heavy atom. The summed E-state index contributed by atoms with van der Waals surface area (Å²) in [5, 5.41) is 3.56. The van der Waals surface area contributed by atoms with Gasteiger partial charge in [-0.05, 0) is 12.0 Å². The maximum Gasteiger partial charge on any atom is 0.330 e. The quantitative estimate of drug-likeness (QED) is 0.691. The highest BCUT2D eigenvalue weighted by Crippen LogP contribution is 2.18. The molecule has 1 aromatic heterocycles. The summed E-state index contributed by atoms with van der Waals surface area (Å²) in [6.45, 7) is 2.68. The molecule has 0 aliphatic heterocycles. The molecule has 0 radical (unpaired) electrons. The van der Waals surface area contributed by atoms with Crippen molar-refractivity contribution < 1.29 is 9.53 Å². The van der Waals surface area contributed by atoms with Gasteiger partial charge in [-0.15, -0.1) is 4.37 Å². The van der Waals surface area contributed by atoms with E-state index in [1.54, 1.807) is 0 Å². The van der Waals surface area contributed by atoms with E-state index in [0.29, 0.717) is 24.2 Å². The molecule has 0 spiro atoms. The number of benzene rings is 1. The molecule has 1 heterocycles. The number of nitrogens with two attached hydrogens (primary N) is 1. The fraction of sp³-hybridized carbons (Fsp3) is 0.400. The van der Waals surface area contributed by atoms with Gasteiger partial charge in [-0.1, -0.05) is 43.7 Å². The second-order valence-electron chi connectivity index (χ2n) is 4.87. The number of anilines is 1. The van der Waals surface area contributed by atoms with Crippen LogP contribution in [0.4, 0.5) is 5.13 Å². The third-order valence-corrected chi connectivity index (χ3v) is 3.69. The Labute approximate surface area is 133 Å². The number of rotatable bonds is 9. The number of unbranched alkanes of at least 4 members (excludes halogenated alkanes) is 1. The molecule has 22 heavy (non-hydrogen) atoms. The first-order valence-corrected chi connectivity index (χ1v) is 8.02. The number of carbonyl (C=O) groups excluding carboxylic acids is 1. The van der Waals surface area contributed by atoms with Crippen molar-refractivity contribution in [3.63, 3.8) is 0 Å². The van der Waals surface area contributed by atoms with E-state index in [1.807, 2.05) is 30.3 Å². The lowest BCUT2D eigenvalue weighted by Gasteiger charge is -2.14. The van der Waals surface area contributed by atoms with Crippen molar-refractivity contribution >= 4 is 22.6 Å². The molecule has 0 saturated heterocycles. The van der Waals surface area contributed by atoms with Crippen LogP contribution in [0.15, 0.2) is 30.3 Å². The van der Waals surface area contributed by atoms with Crippen LogP contribution in [0.2, 0.25) is 0 Å². The zero-order valence-corrected chi connectivity index (χ0v) is 13.3. The molecule has 1 amide bonds. The maximum atomic E-state index is 11.6. The Morgan fingerprint density at radius 2 is 2.18 bits per heavy atom. The second-order valence-corrected chi connectivity index (χ2v) is 5.62. The Balaban J connectivity index is 1.95. The average Bonchev–Trinajstić information content (AvgIpc) is 2.95. The maximum absolute atomic E-state index is 11.6. The highest BCUT2D eigenvalue weighted by Gasteiger charge is 2.18. The van der Waals surface area contributed by atoms with Crippen molar-refractivity contribution in [3.05, 3.63) is 35.9 Å². The summed E-state index contributed by atoms with van der Waals surface area (Å²) in [6, 6.07) is 9.51. The summed E-state index contributed by atoms with van der Waals surface area (Å²) in [4.78, 5) is 15.8. The molecule has 0 fully saturated rings. The van der Waals surface area contributed by atoms with E-state index in [1.165, 1.54) is 0 Å². The van der Waals surface area contributed by atoms with Gasteiger partial charge in [0.2, 0.25) is 11.0 Å². The lowest BCUT2D eigenvalue weighted by molar-refractivity contribution is -0.118. The van der Waals surface area contributed by atoms with Crippen LogP contribution in [-0.2, 0) is 11.2 Å². The van der Waals surface area contributed by atoms with Crippen LogP contribution in [0, 0.1) is 0 Å². The number of amides is 1. The predicted molar refractivity (Wildman–Crippen MR) is 87.1 cm³/mol. The largest absolute Gasteiger partial charge is 0.463 e. The number of hydrogen-bond donors (Lipinski definition) is 2. The molecule has 1 aromatic carbocycles. The van der Waals surface area contributed by atoms with Crippen LogP contribution < -0.4 is 15.8 Å². The fourth-order valence-electron chi connectivity index (χ4n) is 1.86. The molecule has 0 aliphatic carbocycles. The lowest BCUT2D eigenvalue weighted by atomic mass is 10.1. The topological polar surface area (TPSA) is 90.1 Å². The van der Waals surface area contributed by atoms with Gasteiger partial charge in [-0.3, -0.25) is 4.79 Å². The van der Waals surface area contributed by atoms with E-state index >= 15 is 0 Å². The SMILES string of the molecule is CCCCOc1nsc(N[C@@H](Cc2ccccc2)C(N)=O)n1. The van der Waals surface area contributed by atoms with Crippen LogP contribution in [0.3, 0.4) is 0 Å². The van der Waals surface area contributed by atoms with Crippen molar-refractivity contribution in [2.24, 2.45) is 5.73 Å². The number of aromatic nitrogens is 2. The smallest absolute Gasteiger partial charge is 0.330 e. The van der Waals surface area contributed by atoms with E-state index in [9.17, 15) is 4.79 Å². The van der Waals surface area contributed by atoms with Crippen molar-refractivity contribution in [2.45, 2.75) is 32.2 Å². The van der Waals surface area contributed by atoms with Gasteiger partial charge < -0.3 is 15.8 Å². The highest BCUT2D eigenvalue weighted by atomic mass is 32.1. The van der Waals surface area contributed by atoms with Crippen molar-refractivity contribution in [1.29, 1.82) is 0 Å². The number of nitrogens with zero attached hydrogens (tertiary/aromatic N) is 2. The van der Waals surface area contributed by atoms with Gasteiger partial charge in [0.25, 0.3) is 0 Å². The van der Waals surface area contributed by atoms with Gasteiger partial charge in [0.1, 0.15) is 6.04 Å². The minimum absolute atomic E-state index is 0.337. The normalized spacial score (nSPS) is 11.9. The van der Waals surface area contributed by atoms with Gasteiger partial charge in [0.15, 0.2) is 0 Å². The van der Waals surface area contributed by atoms with E-state index < -0.39 is 11.9 Å². The van der Waals surface area contributed by atoms with Crippen molar-refractivity contribution in [3.8, 4) is 6.01 Å². The average molecular weight is 320 g/mol. The van der Waals surface area contributed by atoms with Gasteiger partial charge in [-0.25, -0.2) is 0 Å². The zero-order chi connectivity index (χ0) is 15.8. The van der Waals surface area contributed by atoms with Crippen LogP contribution in [0.5, 0.6) is 6.01 Å². The summed E-state index contributed by atoms with van der Waals surface area (Å²) >= 11 is 1.16. The van der Waals surface area contributed by atoms with Gasteiger partial charge >= 0.3 is 6.01 Å². The summed E-state index contributed by atoms with van der Waals surface area (Å²) in [5.74, 6) is -0.424. The number of primary amides is 1. The standard InChI is InChI=1S/C15H20N4O2S/c1-2-3-9-21-14-18-15(22-19-14)17-12(13(16)20)10-11-7-5-4-6-8-11/h4-8,12H,2-3,9-10H2,1H3,(H2,16,20)(H,17,18,19)/t12-/m0/s1. The first-order valence-electron chi connectivity index (χ1n) is 7.25. The van der Waals surface area contributed by atoms with Gasteiger partial charge in [0, 0.05) is 18.0 Å². The molecule has 6 nitrogen and oxygen atoms in total. The Hall–Kier alpha value is -2.15. The second kappa shape index (κ2) is 8.33. The molecule has 0 saturated carbocycles. The van der Waals surface area contributed by atoms with Gasteiger partial charge in [0.05, 0.1) is 6.61 Å². The first-order chi connectivity index (χ1) is 10.7. The van der Waals surface area contributed by atoms with Crippen LogP contribution in [0.1, 0.15) is 25.3 Å². The van der Waals surface area contributed by atoms with Crippen molar-refractivity contribution in [2.75, 3.05) is 11.9 Å². The number of ether oxygens (including phenoxy) is 1. The summed E-state index contributed by atoms with van der Waals surface area (Å²) < 4.78 is 9.52. The molecular weight excluding hydrogens is 300 g/mol. The molecule has 0 unspecified atom stereocenters. The number of carbonyl (C=O) groups is 1. The Kier molecular flexibility index (Phi) is 6.14. The molecule has 0 aliphatic rings. The van der Waals surface area contributed by atoms with Crippen molar-refractivity contribution in [1.82, 2.24) is 9.36 Å². The third-order valence-electron chi connectivity index (χ3n) is 3.06. The lowest BCUT2D eigenvalue weighted by Crippen LogP contribution is -2.37.